The maximum atomic E-state index is 2.63. The molecule has 0 bridgehead atoms. The van der Waals surface area contributed by atoms with Crippen LogP contribution in [0.4, 0.5) is 0 Å². The number of unbranched alkanes of at least 4 members (excludes halogenated alkanes) is 3. The molecular formula is C17H29N. The lowest BCUT2D eigenvalue weighted by atomic mass is 10.1. The van der Waals surface area contributed by atoms with Gasteiger partial charge in [-0.25, -0.2) is 0 Å². The Morgan fingerprint density at radius 1 is 0.778 bits per heavy atom. The van der Waals surface area contributed by atoms with Crippen LogP contribution < -0.4 is 0 Å². The molecule has 0 saturated carbocycles. The number of nitrogens with zero attached hydrogens (tertiary/aromatic N) is 1. The van der Waals surface area contributed by atoms with E-state index in [1.165, 1.54) is 63.7 Å². The molecule has 0 fully saturated rings. The lowest BCUT2D eigenvalue weighted by molar-refractivity contribution is 0.270. The fraction of sp³-hybridized carbons (Fsp3) is 0.647. The Hall–Kier alpha value is -0.820. The minimum atomic E-state index is 1.19. The van der Waals surface area contributed by atoms with Gasteiger partial charge in [0.1, 0.15) is 0 Å². The van der Waals surface area contributed by atoms with Crippen molar-refractivity contribution in [1.29, 1.82) is 0 Å². The van der Waals surface area contributed by atoms with Gasteiger partial charge in [0.15, 0.2) is 0 Å². The molecule has 0 radical (unpaired) electrons. The second-order valence-electron chi connectivity index (χ2n) is 5.14. The maximum absolute atomic E-state index is 2.63. The smallest absolute Gasteiger partial charge is 0.00218 e. The van der Waals surface area contributed by atoms with Gasteiger partial charge in [0.2, 0.25) is 0 Å². The molecule has 0 spiro atoms. The molecule has 1 aromatic rings. The van der Waals surface area contributed by atoms with Gasteiger partial charge in [0.05, 0.1) is 0 Å². The predicted molar refractivity (Wildman–Crippen MR) is 81.0 cm³/mol. The van der Waals surface area contributed by atoms with E-state index in [4.69, 9.17) is 0 Å². The van der Waals surface area contributed by atoms with E-state index in [9.17, 15) is 0 Å². The summed E-state index contributed by atoms with van der Waals surface area (Å²) in [6, 6.07) is 10.8. The highest BCUT2D eigenvalue weighted by Gasteiger charge is 2.03. The molecule has 0 heterocycles. The van der Waals surface area contributed by atoms with Crippen LogP contribution in [0.15, 0.2) is 30.3 Å². The lowest BCUT2D eigenvalue weighted by Crippen LogP contribution is -2.28. The van der Waals surface area contributed by atoms with Crippen molar-refractivity contribution in [3.05, 3.63) is 35.9 Å². The third kappa shape index (κ3) is 6.80. The van der Waals surface area contributed by atoms with Crippen molar-refractivity contribution < 1.29 is 0 Å². The molecule has 1 rings (SSSR count). The lowest BCUT2D eigenvalue weighted by Gasteiger charge is -2.21. The first-order valence-electron chi connectivity index (χ1n) is 7.63. The van der Waals surface area contributed by atoms with Crippen molar-refractivity contribution in [2.75, 3.05) is 19.6 Å². The average Bonchev–Trinajstić information content (AvgIpc) is 2.42. The summed E-state index contributed by atoms with van der Waals surface area (Å²) >= 11 is 0. The molecule has 0 aliphatic carbocycles. The van der Waals surface area contributed by atoms with E-state index in [2.05, 4.69) is 49.1 Å². The van der Waals surface area contributed by atoms with Gasteiger partial charge in [0, 0.05) is 6.54 Å². The Labute approximate surface area is 113 Å². The predicted octanol–water partition coefficient (Wildman–Crippen LogP) is 4.52. The van der Waals surface area contributed by atoms with Crippen LogP contribution in [0.5, 0.6) is 0 Å². The van der Waals surface area contributed by atoms with Crippen LogP contribution in [0, 0.1) is 0 Å². The van der Waals surface area contributed by atoms with Gasteiger partial charge >= 0.3 is 0 Å². The minimum absolute atomic E-state index is 1.19. The third-order valence-electron chi connectivity index (χ3n) is 3.43. The molecule has 1 heteroatoms. The van der Waals surface area contributed by atoms with Crippen LogP contribution in [0.2, 0.25) is 0 Å². The summed E-state index contributed by atoms with van der Waals surface area (Å²) in [5.74, 6) is 0. The molecule has 0 N–H and O–H groups in total. The van der Waals surface area contributed by atoms with Gasteiger partial charge in [-0.15, -0.1) is 0 Å². The maximum Gasteiger partial charge on any atom is 0.00218 e. The van der Waals surface area contributed by atoms with E-state index in [1.807, 2.05) is 0 Å². The Bertz CT molecular complexity index is 281. The molecule has 1 nitrogen and oxygen atoms in total. The molecule has 0 aliphatic rings. The van der Waals surface area contributed by atoms with Gasteiger partial charge in [-0.1, -0.05) is 63.4 Å². The monoisotopic (exact) mass is 247 g/mol. The first-order valence-corrected chi connectivity index (χ1v) is 7.63. The third-order valence-corrected chi connectivity index (χ3v) is 3.43. The molecule has 1 aromatic carbocycles. The number of hydrogen-bond donors (Lipinski definition) is 0. The van der Waals surface area contributed by atoms with Gasteiger partial charge in [-0.05, 0) is 37.9 Å². The van der Waals surface area contributed by atoms with E-state index < -0.39 is 0 Å². The summed E-state index contributed by atoms with van der Waals surface area (Å²) in [6.07, 6.45) is 7.93. The highest BCUT2D eigenvalue weighted by Crippen LogP contribution is 2.05. The van der Waals surface area contributed by atoms with Crippen molar-refractivity contribution in [3.63, 3.8) is 0 Å². The quantitative estimate of drug-likeness (QED) is 0.549. The molecule has 102 valence electrons. The molecule has 0 unspecified atom stereocenters. The van der Waals surface area contributed by atoms with Crippen molar-refractivity contribution >= 4 is 0 Å². The van der Waals surface area contributed by atoms with E-state index in [0.717, 1.165) is 0 Å². The SMILES string of the molecule is CCCCCCN(CCC)CCc1ccccc1. The average molecular weight is 247 g/mol. The van der Waals surface area contributed by atoms with E-state index >= 15 is 0 Å². The zero-order valence-electron chi connectivity index (χ0n) is 12.2. The molecule has 0 saturated heterocycles. The summed E-state index contributed by atoms with van der Waals surface area (Å²) in [7, 11) is 0. The Morgan fingerprint density at radius 3 is 2.22 bits per heavy atom. The number of rotatable bonds is 10. The first-order chi connectivity index (χ1) is 8.86. The topological polar surface area (TPSA) is 3.24 Å². The van der Waals surface area contributed by atoms with E-state index in [0.29, 0.717) is 0 Å². The van der Waals surface area contributed by atoms with Crippen LogP contribution in [-0.4, -0.2) is 24.5 Å². The van der Waals surface area contributed by atoms with Crippen LogP contribution in [-0.2, 0) is 6.42 Å². The van der Waals surface area contributed by atoms with Crippen LogP contribution in [0.1, 0.15) is 51.5 Å². The normalized spacial score (nSPS) is 11.1. The van der Waals surface area contributed by atoms with E-state index in [-0.39, 0.29) is 0 Å². The molecule has 0 amide bonds. The highest BCUT2D eigenvalue weighted by atomic mass is 15.1. The fourth-order valence-corrected chi connectivity index (χ4v) is 2.35. The summed E-state index contributed by atoms with van der Waals surface area (Å²) in [5.41, 5.74) is 1.46. The number of benzene rings is 1. The summed E-state index contributed by atoms with van der Waals surface area (Å²) in [6.45, 7) is 8.30. The van der Waals surface area contributed by atoms with Gasteiger partial charge in [-0.3, -0.25) is 0 Å². The molecule has 18 heavy (non-hydrogen) atoms. The van der Waals surface area contributed by atoms with Crippen LogP contribution >= 0.6 is 0 Å². The van der Waals surface area contributed by atoms with E-state index in [1.54, 1.807) is 0 Å². The Balaban J connectivity index is 2.24. The van der Waals surface area contributed by atoms with Crippen LogP contribution in [0.25, 0.3) is 0 Å². The Morgan fingerprint density at radius 2 is 1.56 bits per heavy atom. The number of hydrogen-bond acceptors (Lipinski definition) is 1. The first kappa shape index (κ1) is 15.2. The summed E-state index contributed by atoms with van der Waals surface area (Å²) in [5, 5.41) is 0. The standard InChI is InChI=1S/C17H29N/c1-3-5-6-10-15-18(14-4-2)16-13-17-11-8-7-9-12-17/h7-9,11-12H,3-6,10,13-16H2,1-2H3. The van der Waals surface area contributed by atoms with Crippen molar-refractivity contribution in [2.45, 2.75) is 52.4 Å². The second-order valence-corrected chi connectivity index (χ2v) is 5.14. The summed E-state index contributed by atoms with van der Waals surface area (Å²) in [4.78, 5) is 2.63. The van der Waals surface area contributed by atoms with Gasteiger partial charge in [-0.2, -0.15) is 0 Å². The van der Waals surface area contributed by atoms with Gasteiger partial charge < -0.3 is 4.90 Å². The zero-order valence-corrected chi connectivity index (χ0v) is 12.2. The molecule has 0 atom stereocenters. The Kier molecular flexibility index (Phi) is 8.58. The second kappa shape index (κ2) is 10.1. The van der Waals surface area contributed by atoms with Crippen molar-refractivity contribution in [3.8, 4) is 0 Å². The minimum Gasteiger partial charge on any atom is -0.303 e. The van der Waals surface area contributed by atoms with Crippen molar-refractivity contribution in [1.82, 2.24) is 4.90 Å². The molecular weight excluding hydrogens is 218 g/mol. The van der Waals surface area contributed by atoms with Crippen molar-refractivity contribution in [2.24, 2.45) is 0 Å². The van der Waals surface area contributed by atoms with Gasteiger partial charge in [0.25, 0.3) is 0 Å². The summed E-state index contributed by atoms with van der Waals surface area (Å²) < 4.78 is 0. The highest BCUT2D eigenvalue weighted by molar-refractivity contribution is 5.14. The van der Waals surface area contributed by atoms with Crippen LogP contribution in [0.3, 0.4) is 0 Å². The fourth-order valence-electron chi connectivity index (χ4n) is 2.35. The molecule has 0 aliphatic heterocycles. The molecule has 0 aromatic heterocycles. The zero-order chi connectivity index (χ0) is 13.1. The largest absolute Gasteiger partial charge is 0.303 e.